The van der Waals surface area contributed by atoms with Crippen LogP contribution in [0.2, 0.25) is 0 Å². The van der Waals surface area contributed by atoms with E-state index >= 15 is 0 Å². The van der Waals surface area contributed by atoms with Gasteiger partial charge in [-0.15, -0.1) is 0 Å². The summed E-state index contributed by atoms with van der Waals surface area (Å²) in [6.45, 7) is 11.0. The summed E-state index contributed by atoms with van der Waals surface area (Å²) in [5.74, 6) is 1.81. The molecule has 0 fully saturated rings. The third-order valence-corrected chi connectivity index (χ3v) is 6.15. The Morgan fingerprint density at radius 2 is 2.00 bits per heavy atom. The number of nitrogens with one attached hydrogen (secondary N) is 2. The Bertz CT molecular complexity index is 1380. The van der Waals surface area contributed by atoms with E-state index in [0.717, 1.165) is 34.1 Å². The van der Waals surface area contributed by atoms with Gasteiger partial charge >= 0.3 is 6.03 Å². The van der Waals surface area contributed by atoms with Crippen molar-refractivity contribution < 1.29 is 9.53 Å². The van der Waals surface area contributed by atoms with Gasteiger partial charge in [0.15, 0.2) is 5.82 Å². The summed E-state index contributed by atoms with van der Waals surface area (Å²) in [6.07, 6.45) is 5.98. The lowest BCUT2D eigenvalue weighted by atomic mass is 10.0. The molecular formula is C25H29N7O2. The van der Waals surface area contributed by atoms with Crippen LogP contribution in [0.1, 0.15) is 44.5 Å². The number of amides is 1. The Balaban J connectivity index is 1.41. The fourth-order valence-corrected chi connectivity index (χ4v) is 4.19. The zero-order valence-corrected chi connectivity index (χ0v) is 20.1. The second-order valence-electron chi connectivity index (χ2n) is 9.75. The molecule has 1 aliphatic rings. The number of benzene rings is 1. The number of fused-ring (bicyclic) bond motifs is 2. The summed E-state index contributed by atoms with van der Waals surface area (Å²) < 4.78 is 9.67. The monoisotopic (exact) mass is 459 g/mol. The van der Waals surface area contributed by atoms with Gasteiger partial charge in [0.25, 0.3) is 0 Å². The van der Waals surface area contributed by atoms with Gasteiger partial charge in [0, 0.05) is 47.6 Å². The zero-order chi connectivity index (χ0) is 24.0. The number of carbonyl (C=O) groups is 1. The average Bonchev–Trinajstić information content (AvgIpc) is 3.43. The summed E-state index contributed by atoms with van der Waals surface area (Å²) >= 11 is 0. The SMILES string of the molecule is Cc1c(Oc2ncnc3c2C[C@H](C)NC3)ccc2c1ccn2C(=O)Nc1ccn(C(C)(C)C)n1. The van der Waals surface area contributed by atoms with Gasteiger partial charge in [0.05, 0.1) is 16.7 Å². The molecule has 176 valence electrons. The normalized spacial score (nSPS) is 15.9. The number of carbonyl (C=O) groups excluding carboxylic acids is 1. The summed E-state index contributed by atoms with van der Waals surface area (Å²) in [5, 5.41) is 11.7. The van der Waals surface area contributed by atoms with Crippen LogP contribution in [-0.4, -0.2) is 36.4 Å². The molecule has 1 amide bonds. The zero-order valence-electron chi connectivity index (χ0n) is 20.1. The van der Waals surface area contributed by atoms with Gasteiger partial charge < -0.3 is 10.1 Å². The maximum absolute atomic E-state index is 13.0. The van der Waals surface area contributed by atoms with Gasteiger partial charge in [-0.3, -0.25) is 14.6 Å². The third kappa shape index (κ3) is 4.03. The van der Waals surface area contributed by atoms with Crippen LogP contribution < -0.4 is 15.4 Å². The molecule has 3 aromatic heterocycles. The first kappa shape index (κ1) is 22.1. The molecule has 9 nitrogen and oxygen atoms in total. The number of rotatable bonds is 3. The Morgan fingerprint density at radius 3 is 2.76 bits per heavy atom. The van der Waals surface area contributed by atoms with Crippen LogP contribution in [0, 0.1) is 6.92 Å². The van der Waals surface area contributed by atoms with Crippen LogP contribution in [0.25, 0.3) is 10.9 Å². The second-order valence-corrected chi connectivity index (χ2v) is 9.75. The molecule has 0 unspecified atom stereocenters. The van der Waals surface area contributed by atoms with Crippen molar-refractivity contribution in [2.75, 3.05) is 5.32 Å². The Kier molecular flexibility index (Phi) is 5.36. The number of anilines is 1. The minimum atomic E-state index is -0.270. The highest BCUT2D eigenvalue weighted by atomic mass is 16.5. The van der Waals surface area contributed by atoms with Gasteiger partial charge in [-0.25, -0.2) is 14.8 Å². The first-order valence-electron chi connectivity index (χ1n) is 11.4. The van der Waals surface area contributed by atoms with Crippen LogP contribution in [0.3, 0.4) is 0 Å². The van der Waals surface area contributed by atoms with E-state index in [-0.39, 0.29) is 11.6 Å². The Hall–Kier alpha value is -3.72. The molecule has 1 aromatic carbocycles. The first-order valence-corrected chi connectivity index (χ1v) is 11.4. The van der Waals surface area contributed by atoms with Gasteiger partial charge in [-0.1, -0.05) is 0 Å². The van der Waals surface area contributed by atoms with Crippen LogP contribution in [0.4, 0.5) is 10.6 Å². The van der Waals surface area contributed by atoms with Gasteiger partial charge in [0.2, 0.25) is 5.88 Å². The molecule has 0 bridgehead atoms. The lowest BCUT2D eigenvalue weighted by Gasteiger charge is -2.23. The molecule has 4 heterocycles. The molecule has 34 heavy (non-hydrogen) atoms. The second kappa shape index (κ2) is 8.25. The van der Waals surface area contributed by atoms with Crippen molar-refractivity contribution in [2.45, 2.75) is 59.2 Å². The molecule has 0 saturated carbocycles. The molecular weight excluding hydrogens is 430 g/mol. The summed E-state index contributed by atoms with van der Waals surface area (Å²) in [6, 6.07) is 7.56. The van der Waals surface area contributed by atoms with Gasteiger partial charge in [0.1, 0.15) is 12.1 Å². The predicted molar refractivity (Wildman–Crippen MR) is 130 cm³/mol. The molecule has 1 atom stereocenters. The van der Waals surface area contributed by atoms with Crippen molar-refractivity contribution in [2.24, 2.45) is 0 Å². The Morgan fingerprint density at radius 1 is 1.18 bits per heavy atom. The topological polar surface area (TPSA) is 98.9 Å². The largest absolute Gasteiger partial charge is 0.438 e. The van der Waals surface area contributed by atoms with E-state index in [1.165, 1.54) is 0 Å². The summed E-state index contributed by atoms with van der Waals surface area (Å²) in [4.78, 5) is 21.8. The number of nitrogens with zero attached hydrogens (tertiary/aromatic N) is 5. The Labute approximate surface area is 198 Å². The number of hydrogen-bond donors (Lipinski definition) is 2. The molecule has 0 radical (unpaired) electrons. The highest BCUT2D eigenvalue weighted by Gasteiger charge is 2.22. The smallest absolute Gasteiger partial charge is 0.331 e. The third-order valence-electron chi connectivity index (χ3n) is 6.15. The van der Waals surface area contributed by atoms with E-state index in [4.69, 9.17) is 4.74 Å². The van der Waals surface area contributed by atoms with Crippen molar-refractivity contribution in [3.05, 3.63) is 59.8 Å². The van der Waals surface area contributed by atoms with Crippen molar-refractivity contribution in [3.63, 3.8) is 0 Å². The molecule has 0 spiro atoms. The molecule has 0 aliphatic carbocycles. The van der Waals surface area contributed by atoms with Crippen molar-refractivity contribution in [1.29, 1.82) is 0 Å². The quantitative estimate of drug-likeness (QED) is 0.465. The van der Waals surface area contributed by atoms with Crippen molar-refractivity contribution >= 4 is 22.8 Å². The van der Waals surface area contributed by atoms with E-state index < -0.39 is 0 Å². The maximum Gasteiger partial charge on any atom is 0.331 e. The first-order chi connectivity index (χ1) is 16.2. The summed E-state index contributed by atoms with van der Waals surface area (Å²) in [7, 11) is 0. The highest BCUT2D eigenvalue weighted by molar-refractivity contribution is 5.99. The fraction of sp³-hybridized carbons (Fsp3) is 0.360. The van der Waals surface area contributed by atoms with E-state index in [1.807, 2.05) is 36.0 Å². The molecule has 2 N–H and O–H groups in total. The molecule has 0 saturated heterocycles. The molecule has 5 rings (SSSR count). The molecule has 4 aromatic rings. The number of aryl methyl sites for hydroxylation is 1. The lowest BCUT2D eigenvalue weighted by Crippen LogP contribution is -2.33. The van der Waals surface area contributed by atoms with Crippen molar-refractivity contribution in [1.82, 2.24) is 29.6 Å². The molecule has 9 heteroatoms. The maximum atomic E-state index is 13.0. The number of hydrogen-bond acceptors (Lipinski definition) is 6. The van der Waals surface area contributed by atoms with E-state index in [0.29, 0.717) is 30.0 Å². The summed E-state index contributed by atoms with van der Waals surface area (Å²) in [5.41, 5.74) is 3.59. The van der Waals surface area contributed by atoms with Crippen LogP contribution >= 0.6 is 0 Å². The standard InChI is InChI=1S/C25H29N7O2/c1-15-12-18-19(13-26-15)27-14-28-23(18)34-21-7-6-20-17(16(21)2)8-10-31(20)24(33)29-22-9-11-32(30-22)25(3,4)5/h6-11,14-15,26H,12-13H2,1-5H3,(H,29,30,33)/t15-/m0/s1. The van der Waals surface area contributed by atoms with E-state index in [1.54, 1.807) is 23.2 Å². The van der Waals surface area contributed by atoms with Crippen LogP contribution in [0.15, 0.2) is 43.0 Å². The van der Waals surface area contributed by atoms with Crippen LogP contribution in [-0.2, 0) is 18.5 Å². The number of aromatic nitrogens is 5. The highest BCUT2D eigenvalue weighted by Crippen LogP contribution is 2.33. The van der Waals surface area contributed by atoms with E-state index in [2.05, 4.69) is 53.4 Å². The fourth-order valence-electron chi connectivity index (χ4n) is 4.19. The van der Waals surface area contributed by atoms with Gasteiger partial charge in [-0.2, -0.15) is 5.10 Å². The average molecular weight is 460 g/mol. The predicted octanol–water partition coefficient (Wildman–Crippen LogP) is 4.60. The van der Waals surface area contributed by atoms with Gasteiger partial charge in [-0.05, 0) is 59.2 Å². The van der Waals surface area contributed by atoms with Crippen LogP contribution in [0.5, 0.6) is 11.6 Å². The lowest BCUT2D eigenvalue weighted by molar-refractivity contribution is 0.254. The minimum Gasteiger partial charge on any atom is -0.438 e. The minimum absolute atomic E-state index is 0.159. The van der Waals surface area contributed by atoms with Crippen molar-refractivity contribution in [3.8, 4) is 11.6 Å². The number of ether oxygens (including phenoxy) is 1. The van der Waals surface area contributed by atoms with E-state index in [9.17, 15) is 4.79 Å². The molecule has 1 aliphatic heterocycles.